The van der Waals surface area contributed by atoms with Crippen molar-refractivity contribution in [1.82, 2.24) is 24.9 Å². The Morgan fingerprint density at radius 1 is 1.03 bits per heavy atom. The van der Waals surface area contributed by atoms with Crippen LogP contribution in [0.25, 0.3) is 5.78 Å². The van der Waals surface area contributed by atoms with Crippen LogP contribution in [0.4, 0.5) is 0 Å². The maximum atomic E-state index is 12.4. The van der Waals surface area contributed by atoms with Crippen molar-refractivity contribution in [3.8, 4) is 0 Å². The van der Waals surface area contributed by atoms with Gasteiger partial charge in [0.05, 0.1) is 11.8 Å². The Morgan fingerprint density at radius 2 is 1.75 bits per heavy atom. The molecule has 0 saturated heterocycles. The van der Waals surface area contributed by atoms with Crippen molar-refractivity contribution in [2.75, 3.05) is 5.75 Å². The van der Waals surface area contributed by atoms with Gasteiger partial charge in [0.15, 0.2) is 0 Å². The Bertz CT molecular complexity index is 1250. The molecule has 164 valence electrons. The molecule has 2 aromatic heterocycles. The van der Waals surface area contributed by atoms with Crippen molar-refractivity contribution >= 4 is 23.4 Å². The minimum atomic E-state index is -0.0497. The molecule has 0 spiro atoms. The Morgan fingerprint density at radius 3 is 2.50 bits per heavy atom. The number of nitrogens with one attached hydrogen (secondary N) is 1. The fourth-order valence-corrected chi connectivity index (χ4v) is 4.37. The molecule has 0 saturated carbocycles. The topological polar surface area (TPSA) is 72.2 Å². The Labute approximate surface area is 192 Å². The second-order valence-electron chi connectivity index (χ2n) is 7.96. The van der Waals surface area contributed by atoms with Gasteiger partial charge in [0.25, 0.3) is 5.78 Å². The number of benzene rings is 2. The van der Waals surface area contributed by atoms with Gasteiger partial charge < -0.3 is 5.32 Å². The highest BCUT2D eigenvalue weighted by Gasteiger charge is 2.16. The first kappa shape index (κ1) is 22.0. The molecule has 4 rings (SSSR count). The molecule has 0 fully saturated rings. The zero-order valence-corrected chi connectivity index (χ0v) is 19.6. The van der Waals surface area contributed by atoms with Crippen molar-refractivity contribution < 1.29 is 4.79 Å². The summed E-state index contributed by atoms with van der Waals surface area (Å²) in [6, 6.07) is 18.3. The predicted octanol–water partition coefficient (Wildman–Crippen LogP) is 4.61. The van der Waals surface area contributed by atoms with Gasteiger partial charge in [0.1, 0.15) is 0 Å². The average molecular weight is 446 g/mol. The van der Waals surface area contributed by atoms with Crippen LogP contribution in [0.1, 0.15) is 46.6 Å². The summed E-state index contributed by atoms with van der Waals surface area (Å²) >= 11 is 1.32. The first-order valence-electron chi connectivity index (χ1n) is 10.7. The van der Waals surface area contributed by atoms with Crippen LogP contribution < -0.4 is 5.32 Å². The van der Waals surface area contributed by atoms with E-state index in [1.54, 1.807) is 4.52 Å². The molecule has 32 heavy (non-hydrogen) atoms. The van der Waals surface area contributed by atoms with Crippen molar-refractivity contribution in [3.05, 3.63) is 88.2 Å². The summed E-state index contributed by atoms with van der Waals surface area (Å²) < 4.78 is 1.79. The van der Waals surface area contributed by atoms with Gasteiger partial charge in [0.2, 0.25) is 11.1 Å². The highest BCUT2D eigenvalue weighted by molar-refractivity contribution is 7.99. The second kappa shape index (κ2) is 9.53. The number of carbonyl (C=O) groups is 1. The number of hydrogen-bond acceptors (Lipinski definition) is 5. The van der Waals surface area contributed by atoms with Crippen LogP contribution in [-0.4, -0.2) is 31.2 Å². The van der Waals surface area contributed by atoms with Gasteiger partial charge in [-0.25, -0.2) is 9.50 Å². The van der Waals surface area contributed by atoms with E-state index in [0.29, 0.717) is 10.9 Å². The third kappa shape index (κ3) is 4.83. The minimum absolute atomic E-state index is 0.0473. The molecule has 0 aliphatic rings. The first-order valence-corrected chi connectivity index (χ1v) is 11.7. The van der Waals surface area contributed by atoms with E-state index in [1.807, 2.05) is 51.1 Å². The molecule has 0 aliphatic heterocycles. The fourth-order valence-electron chi connectivity index (χ4n) is 3.74. The van der Waals surface area contributed by atoms with Gasteiger partial charge in [-0.05, 0) is 49.9 Å². The zero-order chi connectivity index (χ0) is 22.7. The SMILES string of the molecule is Cc1ccccc1Cc1c(C)nc2nc(SCC(=O)N[C@@H](C)c3ccccc3)nn2c1C. The largest absolute Gasteiger partial charge is 0.349 e. The molecule has 2 heterocycles. The number of carbonyl (C=O) groups excluding carboxylic acids is 1. The van der Waals surface area contributed by atoms with E-state index in [0.717, 1.165) is 28.9 Å². The number of aryl methyl sites for hydroxylation is 3. The Balaban J connectivity index is 1.47. The van der Waals surface area contributed by atoms with Gasteiger partial charge >= 0.3 is 0 Å². The molecule has 4 aromatic rings. The lowest BCUT2D eigenvalue weighted by molar-refractivity contribution is -0.119. The number of aromatic nitrogens is 4. The molecule has 2 aromatic carbocycles. The van der Waals surface area contributed by atoms with E-state index >= 15 is 0 Å². The van der Waals surface area contributed by atoms with Crippen LogP contribution in [-0.2, 0) is 11.2 Å². The summed E-state index contributed by atoms with van der Waals surface area (Å²) in [5, 5.41) is 8.19. The molecule has 1 amide bonds. The van der Waals surface area contributed by atoms with Gasteiger partial charge in [0, 0.05) is 17.8 Å². The number of hydrogen-bond donors (Lipinski definition) is 1. The lowest BCUT2D eigenvalue weighted by atomic mass is 9.99. The Kier molecular flexibility index (Phi) is 6.55. The van der Waals surface area contributed by atoms with Crippen molar-refractivity contribution in [2.45, 2.75) is 45.3 Å². The van der Waals surface area contributed by atoms with Crippen LogP contribution in [0.2, 0.25) is 0 Å². The van der Waals surface area contributed by atoms with Gasteiger partial charge in [-0.2, -0.15) is 4.98 Å². The molecular formula is C25H27N5OS. The molecule has 0 aliphatic carbocycles. The summed E-state index contributed by atoms with van der Waals surface area (Å²) in [4.78, 5) is 21.6. The smallest absolute Gasteiger partial charge is 0.253 e. The third-order valence-corrected chi connectivity index (χ3v) is 6.51. The maximum Gasteiger partial charge on any atom is 0.253 e. The number of amides is 1. The monoisotopic (exact) mass is 445 g/mol. The third-order valence-electron chi connectivity index (χ3n) is 5.67. The minimum Gasteiger partial charge on any atom is -0.349 e. The lowest BCUT2D eigenvalue weighted by Gasteiger charge is -2.13. The van der Waals surface area contributed by atoms with Crippen LogP contribution in [0.3, 0.4) is 0 Å². The zero-order valence-electron chi connectivity index (χ0n) is 18.8. The van der Waals surface area contributed by atoms with Crippen LogP contribution in [0.15, 0.2) is 59.8 Å². The molecule has 7 heteroatoms. The second-order valence-corrected chi connectivity index (χ2v) is 8.90. The molecule has 0 unspecified atom stereocenters. The maximum absolute atomic E-state index is 12.4. The van der Waals surface area contributed by atoms with E-state index in [2.05, 4.69) is 51.6 Å². The number of fused-ring (bicyclic) bond motifs is 1. The standard InChI is InChI=1S/C25H27N5OS/c1-16-10-8-9-13-21(16)14-22-18(3)27-24-28-25(29-30(24)19(22)4)32-15-23(31)26-17(2)20-11-6-5-7-12-20/h5-13,17H,14-15H2,1-4H3,(H,26,31)/t17-/m0/s1. The van der Waals surface area contributed by atoms with Crippen LogP contribution in [0, 0.1) is 20.8 Å². The number of rotatable bonds is 7. The van der Waals surface area contributed by atoms with Crippen molar-refractivity contribution in [2.24, 2.45) is 0 Å². The van der Waals surface area contributed by atoms with Gasteiger partial charge in [-0.1, -0.05) is 66.4 Å². The van der Waals surface area contributed by atoms with Gasteiger partial charge in [-0.15, -0.1) is 5.10 Å². The summed E-state index contributed by atoms with van der Waals surface area (Å²) in [5.74, 6) is 0.766. The van der Waals surface area contributed by atoms with Crippen LogP contribution in [0.5, 0.6) is 0 Å². The molecule has 1 atom stereocenters. The van der Waals surface area contributed by atoms with Crippen molar-refractivity contribution in [3.63, 3.8) is 0 Å². The normalized spacial score (nSPS) is 12.1. The van der Waals surface area contributed by atoms with E-state index in [9.17, 15) is 4.79 Å². The fraction of sp³-hybridized carbons (Fsp3) is 0.280. The lowest BCUT2D eigenvalue weighted by Crippen LogP contribution is -2.28. The van der Waals surface area contributed by atoms with Gasteiger partial charge in [-0.3, -0.25) is 4.79 Å². The number of nitrogens with zero attached hydrogens (tertiary/aromatic N) is 4. The highest BCUT2D eigenvalue weighted by Crippen LogP contribution is 2.22. The van der Waals surface area contributed by atoms with E-state index in [1.165, 1.54) is 22.9 Å². The summed E-state index contributed by atoms with van der Waals surface area (Å²) in [5.41, 5.74) is 6.75. The molecule has 0 radical (unpaired) electrons. The summed E-state index contributed by atoms with van der Waals surface area (Å²) in [6.07, 6.45) is 0.801. The van der Waals surface area contributed by atoms with E-state index in [4.69, 9.17) is 0 Å². The first-order chi connectivity index (χ1) is 15.4. The van der Waals surface area contributed by atoms with Crippen molar-refractivity contribution in [1.29, 1.82) is 0 Å². The molecular weight excluding hydrogens is 418 g/mol. The predicted molar refractivity (Wildman–Crippen MR) is 128 cm³/mol. The molecule has 1 N–H and O–H groups in total. The Hall–Kier alpha value is -3.19. The number of thioether (sulfide) groups is 1. The quantitative estimate of drug-likeness (QED) is 0.421. The summed E-state index contributed by atoms with van der Waals surface area (Å²) in [6.45, 7) is 8.17. The molecule has 6 nitrogen and oxygen atoms in total. The summed E-state index contributed by atoms with van der Waals surface area (Å²) in [7, 11) is 0. The van der Waals surface area contributed by atoms with E-state index < -0.39 is 0 Å². The van der Waals surface area contributed by atoms with E-state index in [-0.39, 0.29) is 17.7 Å². The molecule has 0 bridgehead atoms. The average Bonchev–Trinajstić information content (AvgIpc) is 3.20. The highest BCUT2D eigenvalue weighted by atomic mass is 32.2. The van der Waals surface area contributed by atoms with Crippen LogP contribution >= 0.6 is 11.8 Å².